The fraction of sp³-hybridized carbons (Fsp3) is 0.167. The van der Waals surface area contributed by atoms with Crippen LogP contribution < -0.4 is 0 Å². The van der Waals surface area contributed by atoms with Crippen molar-refractivity contribution in [3.05, 3.63) is 49.9 Å². The van der Waals surface area contributed by atoms with Crippen molar-refractivity contribution in [2.24, 2.45) is 0 Å². The summed E-state index contributed by atoms with van der Waals surface area (Å²) >= 11 is 13.2. The third-order valence-electron chi connectivity index (χ3n) is 2.25. The lowest BCUT2D eigenvalue weighted by molar-refractivity contribution is 0.0989. The highest BCUT2D eigenvalue weighted by molar-refractivity contribution is 7.09. The first-order valence-corrected chi connectivity index (χ1v) is 6.59. The van der Waals surface area contributed by atoms with Crippen LogP contribution in [0.1, 0.15) is 21.1 Å². The Labute approximate surface area is 113 Å². The molecule has 2 rings (SSSR count). The number of benzene rings is 1. The average Bonchev–Trinajstić information content (AvgIpc) is 2.70. The van der Waals surface area contributed by atoms with Gasteiger partial charge in [0, 0.05) is 11.8 Å². The molecule has 0 N–H and O–H groups in total. The molecular formula is C12H9Cl2NOS. The van der Waals surface area contributed by atoms with Gasteiger partial charge in [0.25, 0.3) is 0 Å². The van der Waals surface area contributed by atoms with E-state index in [2.05, 4.69) is 4.98 Å². The molecular weight excluding hydrogens is 277 g/mol. The van der Waals surface area contributed by atoms with Gasteiger partial charge in [-0.1, -0.05) is 29.3 Å². The number of aryl methyl sites for hydroxylation is 1. The third-order valence-corrected chi connectivity index (χ3v) is 3.77. The monoisotopic (exact) mass is 285 g/mol. The maximum absolute atomic E-state index is 11.9. The fourth-order valence-corrected chi connectivity index (χ4v) is 2.36. The van der Waals surface area contributed by atoms with Crippen LogP contribution >= 0.6 is 34.5 Å². The van der Waals surface area contributed by atoms with Crippen molar-refractivity contribution < 1.29 is 4.79 Å². The molecule has 1 aromatic carbocycles. The summed E-state index contributed by atoms with van der Waals surface area (Å²) in [5, 5.41) is 3.62. The number of carbonyl (C=O) groups excluding carboxylic acids is 1. The molecule has 0 atom stereocenters. The Hall–Kier alpha value is -0.900. The minimum absolute atomic E-state index is 0.00672. The van der Waals surface area contributed by atoms with Crippen LogP contribution in [0.5, 0.6) is 0 Å². The third kappa shape index (κ3) is 3.06. The lowest BCUT2D eigenvalue weighted by Crippen LogP contribution is -2.04. The van der Waals surface area contributed by atoms with Crippen LogP contribution in [0.4, 0.5) is 0 Å². The number of carbonyl (C=O) groups is 1. The van der Waals surface area contributed by atoms with E-state index in [0.29, 0.717) is 22.2 Å². The predicted octanol–water partition coefficient (Wildman–Crippen LogP) is 4.18. The van der Waals surface area contributed by atoms with Gasteiger partial charge in [-0.3, -0.25) is 4.79 Å². The molecule has 0 bridgehead atoms. The summed E-state index contributed by atoms with van der Waals surface area (Å²) in [5.41, 5.74) is 1.36. The minimum atomic E-state index is -0.00672. The first kappa shape index (κ1) is 12.6. The molecule has 0 radical (unpaired) electrons. The van der Waals surface area contributed by atoms with E-state index in [-0.39, 0.29) is 5.78 Å². The second kappa shape index (κ2) is 5.17. The largest absolute Gasteiger partial charge is 0.292 e. The number of rotatable bonds is 3. The molecule has 2 aromatic rings. The van der Waals surface area contributed by atoms with Crippen LogP contribution in [0.25, 0.3) is 0 Å². The van der Waals surface area contributed by atoms with Crippen LogP contribution in [0.2, 0.25) is 10.0 Å². The van der Waals surface area contributed by atoms with Crippen LogP contribution in [-0.4, -0.2) is 10.8 Å². The molecule has 2 nitrogen and oxygen atoms in total. The van der Waals surface area contributed by atoms with E-state index < -0.39 is 0 Å². The van der Waals surface area contributed by atoms with E-state index in [1.165, 1.54) is 11.3 Å². The average molecular weight is 286 g/mol. The van der Waals surface area contributed by atoms with Crippen molar-refractivity contribution in [1.82, 2.24) is 4.98 Å². The molecule has 5 heteroatoms. The summed E-state index contributed by atoms with van der Waals surface area (Å²) in [6.45, 7) is 1.88. The van der Waals surface area contributed by atoms with Gasteiger partial charge in [0.05, 0.1) is 15.1 Å². The van der Waals surface area contributed by atoms with E-state index in [0.717, 1.165) is 10.6 Å². The molecule has 0 aliphatic carbocycles. The summed E-state index contributed by atoms with van der Waals surface area (Å²) in [5.74, 6) is -0.00672. The Morgan fingerprint density at radius 1 is 1.35 bits per heavy atom. The van der Waals surface area contributed by atoms with Gasteiger partial charge < -0.3 is 0 Å². The van der Waals surface area contributed by atoms with E-state index in [1.54, 1.807) is 23.6 Å². The molecule has 0 saturated carbocycles. The van der Waals surface area contributed by atoms with Crippen molar-refractivity contribution in [3.63, 3.8) is 0 Å². The molecule has 1 aromatic heterocycles. The smallest absolute Gasteiger partial charge is 0.186 e. The molecule has 0 unspecified atom stereocenters. The van der Waals surface area contributed by atoms with Crippen molar-refractivity contribution >= 4 is 40.3 Å². The molecule has 0 saturated heterocycles. The van der Waals surface area contributed by atoms with Gasteiger partial charge in [0.15, 0.2) is 5.78 Å². The quantitative estimate of drug-likeness (QED) is 0.792. The summed E-state index contributed by atoms with van der Waals surface area (Å²) in [7, 11) is 0. The lowest BCUT2D eigenvalue weighted by Gasteiger charge is -2.01. The summed E-state index contributed by atoms with van der Waals surface area (Å²) in [6, 6.07) is 5.20. The molecule has 0 aliphatic heterocycles. The van der Waals surface area contributed by atoms with Crippen LogP contribution in [0.3, 0.4) is 0 Å². The predicted molar refractivity (Wildman–Crippen MR) is 71.3 cm³/mol. The highest BCUT2D eigenvalue weighted by atomic mass is 35.5. The number of halogens is 2. The number of hydrogen-bond donors (Lipinski definition) is 0. The highest BCUT2D eigenvalue weighted by Gasteiger charge is 2.11. The standard InChI is InChI=1S/C12H9Cl2NOS/c1-7-15-11(6-17-7)12(16)5-8-2-3-9(13)10(14)4-8/h2-4,6H,5H2,1H3. The second-order valence-corrected chi connectivity index (χ2v) is 5.48. The van der Waals surface area contributed by atoms with E-state index in [4.69, 9.17) is 23.2 Å². The fourth-order valence-electron chi connectivity index (χ4n) is 1.42. The SMILES string of the molecule is Cc1nc(C(=O)Cc2ccc(Cl)c(Cl)c2)cs1. The van der Waals surface area contributed by atoms with Crippen LogP contribution in [0, 0.1) is 6.92 Å². The van der Waals surface area contributed by atoms with Gasteiger partial charge in [-0.2, -0.15) is 0 Å². The molecule has 17 heavy (non-hydrogen) atoms. The summed E-state index contributed by atoms with van der Waals surface area (Å²) in [6.07, 6.45) is 0.292. The molecule has 0 aliphatic rings. The zero-order valence-corrected chi connectivity index (χ0v) is 11.4. The topological polar surface area (TPSA) is 30.0 Å². The Morgan fingerprint density at radius 2 is 2.12 bits per heavy atom. The first-order chi connectivity index (χ1) is 8.06. The summed E-state index contributed by atoms with van der Waals surface area (Å²) in [4.78, 5) is 16.0. The van der Waals surface area contributed by atoms with Gasteiger partial charge in [0.2, 0.25) is 0 Å². The van der Waals surface area contributed by atoms with Gasteiger partial charge in [-0.05, 0) is 24.6 Å². The van der Waals surface area contributed by atoms with Gasteiger partial charge in [0.1, 0.15) is 5.69 Å². The number of Topliss-reactive ketones (excluding diaryl/α,β-unsaturated/α-hetero) is 1. The Morgan fingerprint density at radius 3 is 2.71 bits per heavy atom. The normalized spacial score (nSPS) is 10.5. The maximum atomic E-state index is 11.9. The Balaban J connectivity index is 2.15. The van der Waals surface area contributed by atoms with Gasteiger partial charge >= 0.3 is 0 Å². The zero-order chi connectivity index (χ0) is 12.4. The van der Waals surface area contributed by atoms with E-state index >= 15 is 0 Å². The van der Waals surface area contributed by atoms with E-state index in [1.807, 2.05) is 6.92 Å². The number of ketones is 1. The van der Waals surface area contributed by atoms with Gasteiger partial charge in [-0.15, -0.1) is 11.3 Å². The maximum Gasteiger partial charge on any atom is 0.186 e. The number of hydrogen-bond acceptors (Lipinski definition) is 3. The molecule has 0 amide bonds. The zero-order valence-electron chi connectivity index (χ0n) is 9.04. The molecule has 0 spiro atoms. The number of nitrogens with zero attached hydrogens (tertiary/aromatic N) is 1. The number of aromatic nitrogens is 1. The highest BCUT2D eigenvalue weighted by Crippen LogP contribution is 2.23. The van der Waals surface area contributed by atoms with Crippen molar-refractivity contribution in [2.75, 3.05) is 0 Å². The first-order valence-electron chi connectivity index (χ1n) is 4.95. The van der Waals surface area contributed by atoms with E-state index in [9.17, 15) is 4.79 Å². The molecule has 88 valence electrons. The molecule has 1 heterocycles. The van der Waals surface area contributed by atoms with Gasteiger partial charge in [-0.25, -0.2) is 4.98 Å². The van der Waals surface area contributed by atoms with Crippen molar-refractivity contribution in [1.29, 1.82) is 0 Å². The lowest BCUT2D eigenvalue weighted by atomic mass is 10.1. The van der Waals surface area contributed by atoms with Crippen molar-refractivity contribution in [3.8, 4) is 0 Å². The van der Waals surface area contributed by atoms with Crippen molar-refractivity contribution in [2.45, 2.75) is 13.3 Å². The Kier molecular flexibility index (Phi) is 3.82. The summed E-state index contributed by atoms with van der Waals surface area (Å²) < 4.78 is 0. The van der Waals surface area contributed by atoms with Crippen LogP contribution in [0.15, 0.2) is 23.6 Å². The molecule has 0 fully saturated rings. The Bertz CT molecular complexity index is 565. The minimum Gasteiger partial charge on any atom is -0.292 e. The second-order valence-electron chi connectivity index (χ2n) is 3.60. The van der Waals surface area contributed by atoms with Crippen LogP contribution in [-0.2, 0) is 6.42 Å². The number of thiazole rings is 1.